The average molecular weight is 332 g/mol. The molecule has 0 saturated carbocycles. The summed E-state index contributed by atoms with van der Waals surface area (Å²) in [7, 11) is 1.65. The van der Waals surface area contributed by atoms with Crippen molar-refractivity contribution in [2.24, 2.45) is 5.73 Å². The summed E-state index contributed by atoms with van der Waals surface area (Å²) in [5.41, 5.74) is 6.79. The molecular formula is C16H20N4O2S. The smallest absolute Gasteiger partial charge is 0.317 e. The summed E-state index contributed by atoms with van der Waals surface area (Å²) in [5, 5.41) is 3.81. The van der Waals surface area contributed by atoms with Crippen LogP contribution in [-0.2, 0) is 6.54 Å². The Labute approximate surface area is 139 Å². The average Bonchev–Trinajstić information content (AvgIpc) is 3.21. The molecule has 1 aromatic carbocycles. The van der Waals surface area contributed by atoms with E-state index in [1.54, 1.807) is 29.5 Å². The van der Waals surface area contributed by atoms with Crippen LogP contribution in [0.25, 0.3) is 10.6 Å². The molecule has 1 aromatic heterocycles. The molecule has 1 fully saturated rings. The van der Waals surface area contributed by atoms with Gasteiger partial charge in [-0.15, -0.1) is 11.3 Å². The van der Waals surface area contributed by atoms with Gasteiger partial charge in [0.2, 0.25) is 0 Å². The number of para-hydroxylation sites is 1. The van der Waals surface area contributed by atoms with E-state index in [-0.39, 0.29) is 12.1 Å². The molecule has 1 aliphatic rings. The lowest BCUT2D eigenvalue weighted by atomic mass is 10.2. The van der Waals surface area contributed by atoms with Crippen LogP contribution in [-0.4, -0.2) is 42.2 Å². The molecule has 3 rings (SSSR count). The van der Waals surface area contributed by atoms with Crippen LogP contribution >= 0.6 is 11.3 Å². The van der Waals surface area contributed by atoms with Crippen molar-refractivity contribution >= 4 is 17.4 Å². The lowest BCUT2D eigenvalue weighted by Crippen LogP contribution is -2.39. The maximum absolute atomic E-state index is 12.1. The molecule has 1 atom stereocenters. The Morgan fingerprint density at radius 3 is 3.09 bits per heavy atom. The van der Waals surface area contributed by atoms with Crippen LogP contribution in [0.3, 0.4) is 0 Å². The zero-order chi connectivity index (χ0) is 16.2. The summed E-state index contributed by atoms with van der Waals surface area (Å²) < 4.78 is 5.36. The van der Waals surface area contributed by atoms with Gasteiger partial charge in [0.1, 0.15) is 10.8 Å². The number of rotatable bonds is 4. The second kappa shape index (κ2) is 6.97. The summed E-state index contributed by atoms with van der Waals surface area (Å²) >= 11 is 1.55. The predicted octanol–water partition coefficient (Wildman–Crippen LogP) is 2.06. The summed E-state index contributed by atoms with van der Waals surface area (Å²) in [6, 6.07) is 7.81. The van der Waals surface area contributed by atoms with Crippen molar-refractivity contribution in [2.75, 3.05) is 20.2 Å². The van der Waals surface area contributed by atoms with Crippen LogP contribution in [0.1, 0.15) is 11.3 Å². The molecule has 23 heavy (non-hydrogen) atoms. The normalized spacial score (nSPS) is 17.3. The molecule has 1 aliphatic heterocycles. The first-order chi connectivity index (χ1) is 11.2. The Bertz CT molecular complexity index is 688. The molecule has 0 radical (unpaired) electrons. The fourth-order valence-electron chi connectivity index (χ4n) is 2.58. The predicted molar refractivity (Wildman–Crippen MR) is 90.5 cm³/mol. The molecule has 2 heterocycles. The Morgan fingerprint density at radius 1 is 1.52 bits per heavy atom. The number of carbonyl (C=O) groups is 1. The highest BCUT2D eigenvalue weighted by molar-refractivity contribution is 7.15. The van der Waals surface area contributed by atoms with Gasteiger partial charge in [-0.05, 0) is 18.6 Å². The number of hydrogen-bond acceptors (Lipinski definition) is 5. The molecule has 6 nitrogen and oxygen atoms in total. The van der Waals surface area contributed by atoms with Crippen LogP contribution in [0.4, 0.5) is 4.79 Å². The summed E-state index contributed by atoms with van der Waals surface area (Å²) in [4.78, 5) is 19.3. The molecule has 0 aliphatic carbocycles. The van der Waals surface area contributed by atoms with Gasteiger partial charge in [-0.1, -0.05) is 12.1 Å². The number of urea groups is 1. The lowest BCUT2D eigenvalue weighted by Gasteiger charge is -2.16. The van der Waals surface area contributed by atoms with Crippen molar-refractivity contribution in [3.05, 3.63) is 35.3 Å². The number of ether oxygens (including phenoxy) is 1. The number of thiazole rings is 1. The third-order valence-corrected chi connectivity index (χ3v) is 4.85. The van der Waals surface area contributed by atoms with Crippen LogP contribution < -0.4 is 15.8 Å². The zero-order valence-corrected chi connectivity index (χ0v) is 13.8. The van der Waals surface area contributed by atoms with Crippen molar-refractivity contribution in [3.8, 4) is 16.3 Å². The highest BCUT2D eigenvalue weighted by Gasteiger charge is 2.23. The number of nitrogens with zero attached hydrogens (tertiary/aromatic N) is 2. The van der Waals surface area contributed by atoms with Gasteiger partial charge in [0, 0.05) is 30.2 Å². The van der Waals surface area contributed by atoms with Crippen LogP contribution in [0.5, 0.6) is 5.75 Å². The summed E-state index contributed by atoms with van der Waals surface area (Å²) in [6.07, 6.45) is 2.66. The molecule has 122 valence electrons. The lowest BCUT2D eigenvalue weighted by molar-refractivity contribution is 0.208. The monoisotopic (exact) mass is 332 g/mol. The van der Waals surface area contributed by atoms with Gasteiger partial charge in [0.15, 0.2) is 0 Å². The van der Waals surface area contributed by atoms with Gasteiger partial charge in [0.25, 0.3) is 0 Å². The number of likely N-dealkylation sites (tertiary alicyclic amines) is 1. The largest absolute Gasteiger partial charge is 0.496 e. The van der Waals surface area contributed by atoms with Crippen molar-refractivity contribution in [2.45, 2.75) is 19.0 Å². The van der Waals surface area contributed by atoms with E-state index in [0.717, 1.165) is 34.2 Å². The second-order valence-electron chi connectivity index (χ2n) is 5.49. The number of benzene rings is 1. The van der Waals surface area contributed by atoms with Crippen molar-refractivity contribution < 1.29 is 9.53 Å². The minimum atomic E-state index is -0.0646. The number of methoxy groups -OCH3 is 1. The SMILES string of the molecule is COc1ccccc1-c1ncc(CNC(=O)N2CCC(N)C2)s1. The van der Waals surface area contributed by atoms with E-state index in [1.807, 2.05) is 24.3 Å². The van der Waals surface area contributed by atoms with E-state index in [0.29, 0.717) is 13.1 Å². The molecular weight excluding hydrogens is 312 g/mol. The molecule has 0 spiro atoms. The first-order valence-electron chi connectivity index (χ1n) is 7.54. The van der Waals surface area contributed by atoms with Gasteiger partial charge in [-0.2, -0.15) is 0 Å². The fraction of sp³-hybridized carbons (Fsp3) is 0.375. The molecule has 1 saturated heterocycles. The van der Waals surface area contributed by atoms with Gasteiger partial charge in [0.05, 0.1) is 19.2 Å². The molecule has 2 amide bonds. The summed E-state index contributed by atoms with van der Waals surface area (Å²) in [5.74, 6) is 0.795. The van der Waals surface area contributed by atoms with Crippen LogP contribution in [0.15, 0.2) is 30.5 Å². The molecule has 3 N–H and O–H groups in total. The Hall–Kier alpha value is -2.12. The Balaban J connectivity index is 1.62. The van der Waals surface area contributed by atoms with Gasteiger partial charge in [-0.3, -0.25) is 0 Å². The Kier molecular flexibility index (Phi) is 4.78. The number of nitrogens with two attached hydrogens (primary N) is 1. The van der Waals surface area contributed by atoms with E-state index in [1.165, 1.54) is 0 Å². The van der Waals surface area contributed by atoms with Crippen LogP contribution in [0.2, 0.25) is 0 Å². The van der Waals surface area contributed by atoms with Gasteiger partial charge < -0.3 is 20.7 Å². The topological polar surface area (TPSA) is 80.5 Å². The molecule has 2 aromatic rings. The number of nitrogens with one attached hydrogen (secondary N) is 1. The Morgan fingerprint density at radius 2 is 2.35 bits per heavy atom. The van der Waals surface area contributed by atoms with E-state index in [2.05, 4.69) is 10.3 Å². The highest BCUT2D eigenvalue weighted by Crippen LogP contribution is 2.32. The maximum atomic E-state index is 12.1. The number of amides is 2. The number of hydrogen-bond donors (Lipinski definition) is 2. The van der Waals surface area contributed by atoms with E-state index in [9.17, 15) is 4.79 Å². The van der Waals surface area contributed by atoms with Gasteiger partial charge >= 0.3 is 6.03 Å². The molecule has 1 unspecified atom stereocenters. The van der Waals surface area contributed by atoms with E-state index in [4.69, 9.17) is 10.5 Å². The highest BCUT2D eigenvalue weighted by atomic mass is 32.1. The first kappa shape index (κ1) is 15.8. The number of carbonyl (C=O) groups excluding carboxylic acids is 1. The van der Waals surface area contributed by atoms with Crippen LogP contribution in [0, 0.1) is 0 Å². The van der Waals surface area contributed by atoms with Crippen molar-refractivity contribution in [1.82, 2.24) is 15.2 Å². The minimum absolute atomic E-state index is 0.0646. The number of aromatic nitrogens is 1. The standard InChI is InChI=1S/C16H20N4O2S/c1-22-14-5-3-2-4-13(14)15-18-8-12(23-15)9-19-16(21)20-7-6-11(17)10-20/h2-5,8,11H,6-7,9-10,17H2,1H3,(H,19,21). The van der Waals surface area contributed by atoms with E-state index < -0.39 is 0 Å². The third kappa shape index (κ3) is 3.62. The van der Waals surface area contributed by atoms with Crippen molar-refractivity contribution in [3.63, 3.8) is 0 Å². The summed E-state index contributed by atoms with van der Waals surface area (Å²) in [6.45, 7) is 1.82. The zero-order valence-electron chi connectivity index (χ0n) is 13.0. The molecule has 7 heteroatoms. The third-order valence-electron chi connectivity index (χ3n) is 3.82. The van der Waals surface area contributed by atoms with Crippen molar-refractivity contribution in [1.29, 1.82) is 0 Å². The maximum Gasteiger partial charge on any atom is 0.317 e. The second-order valence-corrected chi connectivity index (χ2v) is 6.60. The fourth-order valence-corrected chi connectivity index (χ4v) is 3.46. The van der Waals surface area contributed by atoms with E-state index >= 15 is 0 Å². The quantitative estimate of drug-likeness (QED) is 0.898. The molecule has 0 bridgehead atoms. The minimum Gasteiger partial charge on any atom is -0.496 e. The first-order valence-corrected chi connectivity index (χ1v) is 8.35. The van der Waals surface area contributed by atoms with Gasteiger partial charge in [-0.25, -0.2) is 9.78 Å².